The first-order chi connectivity index (χ1) is 8.13. The van der Waals surface area contributed by atoms with Gasteiger partial charge in [0.25, 0.3) is 0 Å². The molecule has 1 unspecified atom stereocenters. The molecule has 2 nitrogen and oxygen atoms in total. The quantitative estimate of drug-likeness (QED) is 0.867. The normalized spacial score (nSPS) is 18.4. The molecule has 1 aromatic rings. The highest BCUT2D eigenvalue weighted by molar-refractivity contribution is 5.42. The molecule has 0 saturated heterocycles. The van der Waals surface area contributed by atoms with Crippen molar-refractivity contribution in [3.63, 3.8) is 0 Å². The fourth-order valence-corrected chi connectivity index (χ4v) is 2.88. The number of rotatable bonds is 3. The second-order valence-corrected chi connectivity index (χ2v) is 5.17. The van der Waals surface area contributed by atoms with Crippen LogP contribution in [-0.4, -0.2) is 12.2 Å². The zero-order valence-corrected chi connectivity index (χ0v) is 11.0. The summed E-state index contributed by atoms with van der Waals surface area (Å²) in [6.07, 6.45) is 4.53. The molecule has 0 heterocycles. The van der Waals surface area contributed by atoms with E-state index in [0.717, 1.165) is 35.3 Å². The number of aliphatic hydroxyl groups is 1. The van der Waals surface area contributed by atoms with E-state index in [1.165, 1.54) is 12.8 Å². The molecule has 0 amide bonds. The van der Waals surface area contributed by atoms with E-state index in [4.69, 9.17) is 4.74 Å². The van der Waals surface area contributed by atoms with Gasteiger partial charge in [0, 0.05) is 0 Å². The first kappa shape index (κ1) is 12.4. The van der Waals surface area contributed by atoms with Crippen molar-refractivity contribution in [2.75, 3.05) is 7.11 Å². The van der Waals surface area contributed by atoms with Crippen LogP contribution in [0.25, 0.3) is 0 Å². The van der Waals surface area contributed by atoms with Gasteiger partial charge in [0.05, 0.1) is 13.2 Å². The molecule has 0 radical (unpaired) electrons. The van der Waals surface area contributed by atoms with Gasteiger partial charge in [-0.1, -0.05) is 12.8 Å². The van der Waals surface area contributed by atoms with E-state index < -0.39 is 0 Å². The minimum Gasteiger partial charge on any atom is -0.496 e. The Morgan fingerprint density at radius 1 is 1.18 bits per heavy atom. The molecule has 0 aromatic heterocycles. The van der Waals surface area contributed by atoms with Crippen LogP contribution in [-0.2, 0) is 0 Å². The van der Waals surface area contributed by atoms with Gasteiger partial charge < -0.3 is 9.84 Å². The summed E-state index contributed by atoms with van der Waals surface area (Å²) in [5.41, 5.74) is 3.31. The van der Waals surface area contributed by atoms with Crippen LogP contribution >= 0.6 is 0 Å². The number of benzene rings is 1. The molecule has 1 aliphatic rings. The van der Waals surface area contributed by atoms with Crippen LogP contribution in [0.5, 0.6) is 5.75 Å². The summed E-state index contributed by atoms with van der Waals surface area (Å²) in [6, 6.07) is 4.11. The largest absolute Gasteiger partial charge is 0.496 e. The Hall–Kier alpha value is -1.02. The average Bonchev–Trinajstić information content (AvgIpc) is 2.84. The Labute approximate surface area is 104 Å². The van der Waals surface area contributed by atoms with Gasteiger partial charge in [-0.25, -0.2) is 0 Å². The number of hydrogen-bond donors (Lipinski definition) is 1. The molecule has 0 bridgehead atoms. The minimum absolute atomic E-state index is 0.304. The molecular formula is C15H22O2. The van der Waals surface area contributed by atoms with Crippen LogP contribution in [0.1, 0.15) is 48.5 Å². The fourth-order valence-electron chi connectivity index (χ4n) is 2.88. The van der Waals surface area contributed by atoms with Crippen LogP contribution < -0.4 is 4.74 Å². The third-order valence-corrected chi connectivity index (χ3v) is 3.95. The number of ether oxygens (including phenoxy) is 1. The van der Waals surface area contributed by atoms with Crippen molar-refractivity contribution in [1.82, 2.24) is 0 Å². The third-order valence-electron chi connectivity index (χ3n) is 3.95. The molecule has 94 valence electrons. The van der Waals surface area contributed by atoms with E-state index in [2.05, 4.69) is 13.0 Å². The van der Waals surface area contributed by atoms with E-state index in [1.54, 1.807) is 7.11 Å². The molecule has 1 atom stereocenters. The van der Waals surface area contributed by atoms with Crippen molar-refractivity contribution in [2.24, 2.45) is 5.92 Å². The predicted molar refractivity (Wildman–Crippen MR) is 69.4 cm³/mol. The fraction of sp³-hybridized carbons (Fsp3) is 0.600. The molecule has 0 aliphatic heterocycles. The van der Waals surface area contributed by atoms with Gasteiger partial charge in [-0.15, -0.1) is 0 Å². The zero-order chi connectivity index (χ0) is 12.4. The van der Waals surface area contributed by atoms with E-state index in [1.807, 2.05) is 13.0 Å². The number of hydrogen-bond acceptors (Lipinski definition) is 2. The lowest BCUT2D eigenvalue weighted by Crippen LogP contribution is -2.11. The molecule has 1 aliphatic carbocycles. The van der Waals surface area contributed by atoms with Crippen LogP contribution in [0.15, 0.2) is 12.1 Å². The maximum absolute atomic E-state index is 10.4. The van der Waals surface area contributed by atoms with Gasteiger partial charge in [-0.3, -0.25) is 0 Å². The molecule has 0 spiro atoms. The summed E-state index contributed by atoms with van der Waals surface area (Å²) in [5.74, 6) is 1.35. The maximum atomic E-state index is 10.4. The van der Waals surface area contributed by atoms with E-state index in [9.17, 15) is 5.11 Å². The lowest BCUT2D eigenvalue weighted by molar-refractivity contribution is 0.111. The van der Waals surface area contributed by atoms with E-state index >= 15 is 0 Å². The van der Waals surface area contributed by atoms with Crippen molar-refractivity contribution in [3.8, 4) is 5.75 Å². The standard InChI is InChI=1S/C15H22O2/c1-10-9-14(17-3)11(2)8-13(10)15(16)12-6-4-5-7-12/h8-9,12,15-16H,4-7H2,1-3H3. The number of methoxy groups -OCH3 is 1. The second kappa shape index (κ2) is 5.09. The van der Waals surface area contributed by atoms with Crippen molar-refractivity contribution in [3.05, 3.63) is 28.8 Å². The van der Waals surface area contributed by atoms with Crippen LogP contribution in [0.2, 0.25) is 0 Å². The number of aliphatic hydroxyl groups excluding tert-OH is 1. The molecular weight excluding hydrogens is 212 g/mol. The molecule has 1 N–H and O–H groups in total. The topological polar surface area (TPSA) is 29.5 Å². The lowest BCUT2D eigenvalue weighted by Gasteiger charge is -2.21. The van der Waals surface area contributed by atoms with Gasteiger partial charge in [0.1, 0.15) is 5.75 Å². The molecule has 1 aromatic carbocycles. The first-order valence-corrected chi connectivity index (χ1v) is 6.46. The Morgan fingerprint density at radius 3 is 2.41 bits per heavy atom. The minimum atomic E-state index is -0.304. The highest BCUT2D eigenvalue weighted by Crippen LogP contribution is 2.38. The first-order valence-electron chi connectivity index (χ1n) is 6.46. The highest BCUT2D eigenvalue weighted by Gasteiger charge is 2.25. The lowest BCUT2D eigenvalue weighted by atomic mass is 9.90. The predicted octanol–water partition coefficient (Wildman–Crippen LogP) is 3.54. The van der Waals surface area contributed by atoms with E-state index in [-0.39, 0.29) is 6.10 Å². The molecule has 2 rings (SSSR count). The smallest absolute Gasteiger partial charge is 0.122 e. The van der Waals surface area contributed by atoms with Crippen LogP contribution in [0, 0.1) is 19.8 Å². The Morgan fingerprint density at radius 2 is 1.82 bits per heavy atom. The van der Waals surface area contributed by atoms with Gasteiger partial charge in [-0.05, 0) is 61.4 Å². The number of aryl methyl sites for hydroxylation is 2. The van der Waals surface area contributed by atoms with E-state index in [0.29, 0.717) is 5.92 Å². The summed E-state index contributed by atoms with van der Waals surface area (Å²) >= 11 is 0. The van der Waals surface area contributed by atoms with Gasteiger partial charge in [0.15, 0.2) is 0 Å². The third kappa shape index (κ3) is 2.47. The Bertz CT molecular complexity index is 392. The van der Waals surface area contributed by atoms with Crippen LogP contribution in [0.4, 0.5) is 0 Å². The van der Waals surface area contributed by atoms with Crippen molar-refractivity contribution < 1.29 is 9.84 Å². The van der Waals surface area contributed by atoms with Gasteiger partial charge in [0.2, 0.25) is 0 Å². The monoisotopic (exact) mass is 234 g/mol. The zero-order valence-electron chi connectivity index (χ0n) is 11.0. The summed E-state index contributed by atoms with van der Waals surface area (Å²) in [5, 5.41) is 10.4. The summed E-state index contributed by atoms with van der Waals surface area (Å²) < 4.78 is 5.30. The Kier molecular flexibility index (Phi) is 3.72. The average molecular weight is 234 g/mol. The van der Waals surface area contributed by atoms with Crippen molar-refractivity contribution >= 4 is 0 Å². The summed E-state index contributed by atoms with van der Waals surface area (Å²) in [6.45, 7) is 4.08. The maximum Gasteiger partial charge on any atom is 0.122 e. The van der Waals surface area contributed by atoms with Crippen molar-refractivity contribution in [2.45, 2.75) is 45.6 Å². The molecule has 2 heteroatoms. The summed E-state index contributed by atoms with van der Waals surface area (Å²) in [4.78, 5) is 0. The highest BCUT2D eigenvalue weighted by atomic mass is 16.5. The SMILES string of the molecule is COc1cc(C)c(C(O)C2CCCC2)cc1C. The molecule has 1 saturated carbocycles. The molecule has 17 heavy (non-hydrogen) atoms. The Balaban J connectivity index is 2.28. The van der Waals surface area contributed by atoms with Gasteiger partial charge in [-0.2, -0.15) is 0 Å². The molecule has 1 fully saturated rings. The van der Waals surface area contributed by atoms with Gasteiger partial charge >= 0.3 is 0 Å². The summed E-state index contributed by atoms with van der Waals surface area (Å²) in [7, 11) is 1.69. The van der Waals surface area contributed by atoms with Crippen LogP contribution in [0.3, 0.4) is 0 Å². The second-order valence-electron chi connectivity index (χ2n) is 5.17. The van der Waals surface area contributed by atoms with Crippen molar-refractivity contribution in [1.29, 1.82) is 0 Å².